The lowest BCUT2D eigenvalue weighted by atomic mass is 9.95. The van der Waals surface area contributed by atoms with E-state index in [1.165, 1.54) is 19.3 Å². The van der Waals surface area contributed by atoms with Crippen LogP contribution in [0.15, 0.2) is 36.4 Å². The Hall–Kier alpha value is -1.64. The summed E-state index contributed by atoms with van der Waals surface area (Å²) in [7, 11) is 1.33. The van der Waals surface area contributed by atoms with Crippen LogP contribution in [0.1, 0.15) is 18.4 Å². The molecule has 2 rings (SSSR count). The quantitative estimate of drug-likeness (QED) is 0.578. The summed E-state index contributed by atoms with van der Waals surface area (Å²) < 4.78 is 18.1. The van der Waals surface area contributed by atoms with Gasteiger partial charge in [0.2, 0.25) is 0 Å². The molecule has 0 amide bonds. The van der Waals surface area contributed by atoms with Gasteiger partial charge in [0.25, 0.3) is 0 Å². The second-order valence-corrected chi connectivity index (χ2v) is 3.99. The first kappa shape index (κ1) is 10.9. The van der Waals surface area contributed by atoms with Gasteiger partial charge in [-0.1, -0.05) is 24.3 Å². The standard InChI is InChI=1S/C13H13FO2/c1-16-12(15)6-7-13(8-9-13)10-4-2-3-5-11(10)14/h2-7H,8-9H2,1H3/b7-6+. The van der Waals surface area contributed by atoms with Crippen LogP contribution in [-0.4, -0.2) is 13.1 Å². The van der Waals surface area contributed by atoms with Crippen molar-refractivity contribution < 1.29 is 13.9 Å². The first-order valence-electron chi connectivity index (χ1n) is 5.20. The summed E-state index contributed by atoms with van der Waals surface area (Å²) in [5, 5.41) is 0. The third kappa shape index (κ3) is 1.98. The molecule has 1 aliphatic carbocycles. The number of esters is 1. The number of carbonyl (C=O) groups excluding carboxylic acids is 1. The van der Waals surface area contributed by atoms with Gasteiger partial charge in [-0.3, -0.25) is 0 Å². The van der Waals surface area contributed by atoms with Crippen molar-refractivity contribution >= 4 is 5.97 Å². The molecule has 1 saturated carbocycles. The lowest BCUT2D eigenvalue weighted by Crippen LogP contribution is -2.06. The zero-order valence-electron chi connectivity index (χ0n) is 9.07. The Morgan fingerprint density at radius 2 is 2.12 bits per heavy atom. The van der Waals surface area contributed by atoms with E-state index in [0.717, 1.165) is 12.8 Å². The molecule has 0 aromatic heterocycles. The minimum absolute atomic E-state index is 0.213. The summed E-state index contributed by atoms with van der Waals surface area (Å²) in [6.07, 6.45) is 4.87. The van der Waals surface area contributed by atoms with Gasteiger partial charge >= 0.3 is 5.97 Å². The molecule has 1 fully saturated rings. The van der Waals surface area contributed by atoms with Crippen LogP contribution in [0, 0.1) is 5.82 Å². The summed E-state index contributed by atoms with van der Waals surface area (Å²) >= 11 is 0. The smallest absolute Gasteiger partial charge is 0.330 e. The molecule has 0 radical (unpaired) electrons. The van der Waals surface area contributed by atoms with E-state index in [1.807, 2.05) is 6.07 Å². The predicted molar refractivity (Wildman–Crippen MR) is 58.5 cm³/mol. The number of ether oxygens (including phenoxy) is 1. The lowest BCUT2D eigenvalue weighted by Gasteiger charge is -2.11. The molecule has 1 aromatic carbocycles. The van der Waals surface area contributed by atoms with E-state index < -0.39 is 5.97 Å². The Balaban J connectivity index is 2.24. The van der Waals surface area contributed by atoms with Gasteiger partial charge in [-0.25, -0.2) is 9.18 Å². The summed E-state index contributed by atoms with van der Waals surface area (Å²) in [4.78, 5) is 11.0. The van der Waals surface area contributed by atoms with Crippen molar-refractivity contribution in [3.05, 3.63) is 47.8 Å². The van der Waals surface area contributed by atoms with E-state index >= 15 is 0 Å². The maximum absolute atomic E-state index is 13.6. The van der Waals surface area contributed by atoms with Crippen LogP contribution in [0.4, 0.5) is 4.39 Å². The van der Waals surface area contributed by atoms with Gasteiger partial charge < -0.3 is 4.74 Å². The van der Waals surface area contributed by atoms with Gasteiger partial charge in [-0.05, 0) is 24.5 Å². The van der Waals surface area contributed by atoms with Crippen LogP contribution in [0.25, 0.3) is 0 Å². The van der Waals surface area contributed by atoms with Crippen LogP contribution in [0.5, 0.6) is 0 Å². The first-order valence-corrected chi connectivity index (χ1v) is 5.20. The number of hydrogen-bond donors (Lipinski definition) is 0. The number of halogens is 1. The molecule has 1 aliphatic rings. The summed E-state index contributed by atoms with van der Waals surface area (Å²) in [6, 6.07) is 6.69. The predicted octanol–water partition coefficient (Wildman–Crippen LogP) is 2.59. The normalized spacial score (nSPS) is 17.4. The van der Waals surface area contributed by atoms with E-state index in [4.69, 9.17) is 0 Å². The van der Waals surface area contributed by atoms with Crippen molar-refractivity contribution in [2.45, 2.75) is 18.3 Å². The van der Waals surface area contributed by atoms with Crippen LogP contribution in [0.3, 0.4) is 0 Å². The second kappa shape index (κ2) is 4.08. The van der Waals surface area contributed by atoms with Gasteiger partial charge in [-0.15, -0.1) is 0 Å². The minimum Gasteiger partial charge on any atom is -0.466 e. The molecule has 0 heterocycles. The summed E-state index contributed by atoms with van der Waals surface area (Å²) in [5.74, 6) is -0.614. The second-order valence-electron chi connectivity index (χ2n) is 3.99. The highest BCUT2D eigenvalue weighted by Gasteiger charge is 2.43. The van der Waals surface area contributed by atoms with Crippen molar-refractivity contribution in [2.75, 3.05) is 7.11 Å². The molecule has 0 atom stereocenters. The Morgan fingerprint density at radius 3 is 2.69 bits per heavy atom. The highest BCUT2D eigenvalue weighted by molar-refractivity contribution is 5.82. The molecule has 84 valence electrons. The van der Waals surface area contributed by atoms with E-state index in [1.54, 1.807) is 18.2 Å². The molecular formula is C13H13FO2. The molecule has 0 aliphatic heterocycles. The third-order valence-electron chi connectivity index (χ3n) is 2.94. The Labute approximate surface area is 93.7 Å². The van der Waals surface area contributed by atoms with E-state index in [9.17, 15) is 9.18 Å². The lowest BCUT2D eigenvalue weighted by molar-refractivity contribution is -0.134. The fourth-order valence-electron chi connectivity index (χ4n) is 1.82. The molecule has 0 spiro atoms. The summed E-state index contributed by atoms with van der Waals surface area (Å²) in [5.41, 5.74) is 0.370. The zero-order chi connectivity index (χ0) is 11.6. The number of benzene rings is 1. The van der Waals surface area contributed by atoms with Gasteiger partial charge in [0.15, 0.2) is 0 Å². The molecule has 2 nitrogen and oxygen atoms in total. The highest BCUT2D eigenvalue weighted by Crippen LogP contribution is 2.50. The Kier molecular flexibility index (Phi) is 2.77. The van der Waals surface area contributed by atoms with Crippen molar-refractivity contribution in [1.29, 1.82) is 0 Å². The monoisotopic (exact) mass is 220 g/mol. The van der Waals surface area contributed by atoms with E-state index in [-0.39, 0.29) is 11.2 Å². The maximum atomic E-state index is 13.6. The number of hydrogen-bond acceptors (Lipinski definition) is 2. The molecule has 0 saturated heterocycles. The first-order chi connectivity index (χ1) is 7.68. The minimum atomic E-state index is -0.400. The molecule has 1 aromatic rings. The molecule has 16 heavy (non-hydrogen) atoms. The maximum Gasteiger partial charge on any atom is 0.330 e. The largest absolute Gasteiger partial charge is 0.466 e. The van der Waals surface area contributed by atoms with Gasteiger partial charge in [0.1, 0.15) is 5.82 Å². The van der Waals surface area contributed by atoms with E-state index in [0.29, 0.717) is 5.56 Å². The summed E-state index contributed by atoms with van der Waals surface area (Å²) in [6.45, 7) is 0. The topological polar surface area (TPSA) is 26.3 Å². The molecule has 0 unspecified atom stereocenters. The highest BCUT2D eigenvalue weighted by atomic mass is 19.1. The van der Waals surface area contributed by atoms with Crippen LogP contribution in [-0.2, 0) is 14.9 Å². The molecule has 3 heteroatoms. The molecular weight excluding hydrogens is 207 g/mol. The Bertz CT molecular complexity index is 433. The van der Waals surface area contributed by atoms with E-state index in [2.05, 4.69) is 4.74 Å². The zero-order valence-corrected chi connectivity index (χ0v) is 9.07. The fraction of sp³-hybridized carbons (Fsp3) is 0.308. The Morgan fingerprint density at radius 1 is 1.44 bits per heavy atom. The van der Waals surface area contributed by atoms with Gasteiger partial charge in [0.05, 0.1) is 7.11 Å². The van der Waals surface area contributed by atoms with Crippen molar-refractivity contribution in [3.8, 4) is 0 Å². The number of rotatable bonds is 3. The third-order valence-corrected chi connectivity index (χ3v) is 2.94. The average Bonchev–Trinajstić information content (AvgIpc) is 3.07. The average molecular weight is 220 g/mol. The van der Waals surface area contributed by atoms with Crippen molar-refractivity contribution in [2.24, 2.45) is 0 Å². The molecule has 0 N–H and O–H groups in total. The van der Waals surface area contributed by atoms with Crippen molar-refractivity contribution in [1.82, 2.24) is 0 Å². The number of methoxy groups -OCH3 is 1. The van der Waals surface area contributed by atoms with Crippen LogP contribution < -0.4 is 0 Å². The van der Waals surface area contributed by atoms with Crippen molar-refractivity contribution in [3.63, 3.8) is 0 Å². The fourth-order valence-corrected chi connectivity index (χ4v) is 1.82. The number of carbonyl (C=O) groups is 1. The van der Waals surface area contributed by atoms with Gasteiger partial charge in [-0.2, -0.15) is 0 Å². The number of allylic oxidation sites excluding steroid dienone is 1. The van der Waals surface area contributed by atoms with Gasteiger partial charge in [0, 0.05) is 11.5 Å². The SMILES string of the molecule is COC(=O)/C=C/C1(c2ccccc2F)CC1. The van der Waals surface area contributed by atoms with Crippen LogP contribution in [0.2, 0.25) is 0 Å². The van der Waals surface area contributed by atoms with Crippen LogP contribution >= 0.6 is 0 Å². The molecule has 0 bridgehead atoms.